The third-order valence-electron chi connectivity index (χ3n) is 9.14. The normalized spacial score (nSPS) is 23.5. The van der Waals surface area contributed by atoms with E-state index in [1.807, 2.05) is 6.92 Å². The molecule has 7 atom stereocenters. The number of aliphatic hydroxyl groups excluding tert-OH is 4. The molecule has 2 rings (SSSR count). The van der Waals surface area contributed by atoms with Crippen molar-refractivity contribution < 1.29 is 34.7 Å². The van der Waals surface area contributed by atoms with Gasteiger partial charge in [0.05, 0.1) is 36.6 Å². The minimum absolute atomic E-state index is 0.149. The lowest BCUT2D eigenvalue weighted by atomic mass is 9.97. The van der Waals surface area contributed by atoms with Crippen LogP contribution < -0.4 is 0 Å². The molecule has 0 saturated carbocycles. The van der Waals surface area contributed by atoms with Gasteiger partial charge in [-0.1, -0.05) is 103 Å². The average molecular weight is 597 g/mol. The highest BCUT2D eigenvalue weighted by Crippen LogP contribution is 2.28. The minimum atomic E-state index is -0.793. The predicted molar refractivity (Wildman–Crippen MR) is 168 cm³/mol. The summed E-state index contributed by atoms with van der Waals surface area (Å²) < 4.78 is 11.2. The van der Waals surface area contributed by atoms with Crippen LogP contribution in [0, 0.1) is 0 Å². The Morgan fingerprint density at radius 2 is 1.31 bits per heavy atom. The molecule has 1 fully saturated rings. The Balaban J connectivity index is 1.43. The summed E-state index contributed by atoms with van der Waals surface area (Å²) in [5.41, 5.74) is 0.584. The summed E-state index contributed by atoms with van der Waals surface area (Å²) in [6, 6.07) is 0. The number of ether oxygens (including phenoxy) is 2. The molecule has 0 unspecified atom stereocenters. The summed E-state index contributed by atoms with van der Waals surface area (Å²) in [6.45, 7) is 4.08. The van der Waals surface area contributed by atoms with E-state index in [0.717, 1.165) is 51.4 Å². The van der Waals surface area contributed by atoms with Crippen LogP contribution in [0.2, 0.25) is 0 Å². The van der Waals surface area contributed by atoms with E-state index in [4.69, 9.17) is 9.47 Å². The van der Waals surface area contributed by atoms with Crippen LogP contribution >= 0.6 is 0 Å². The van der Waals surface area contributed by atoms with Crippen LogP contribution in [0.25, 0.3) is 0 Å². The molecule has 42 heavy (non-hydrogen) atoms. The smallest absolute Gasteiger partial charge is 0.334 e. The highest BCUT2D eigenvalue weighted by atomic mass is 16.5. The summed E-state index contributed by atoms with van der Waals surface area (Å²) in [6.07, 6.45) is 22.3. The van der Waals surface area contributed by atoms with Crippen molar-refractivity contribution in [2.45, 2.75) is 204 Å². The number of aliphatic hydroxyl groups is 4. The summed E-state index contributed by atoms with van der Waals surface area (Å²) in [5, 5.41) is 41.6. The van der Waals surface area contributed by atoms with Crippen LogP contribution in [-0.4, -0.2) is 69.1 Å². The minimum Gasteiger partial charge on any atom is -0.455 e. The largest absolute Gasteiger partial charge is 0.455 e. The van der Waals surface area contributed by atoms with E-state index in [1.165, 1.54) is 64.2 Å². The zero-order valence-corrected chi connectivity index (χ0v) is 26.9. The first-order valence-electron chi connectivity index (χ1n) is 17.6. The molecule has 0 aromatic carbocycles. The highest BCUT2D eigenvalue weighted by Gasteiger charge is 2.31. The van der Waals surface area contributed by atoms with Gasteiger partial charge in [0.25, 0.3) is 0 Å². The second-order valence-electron chi connectivity index (χ2n) is 13.1. The lowest BCUT2D eigenvalue weighted by Gasteiger charge is -2.22. The Hall–Kier alpha value is -0.990. The van der Waals surface area contributed by atoms with Gasteiger partial charge in [-0.2, -0.15) is 0 Å². The molecule has 0 bridgehead atoms. The van der Waals surface area contributed by atoms with Crippen LogP contribution in [0.4, 0.5) is 0 Å². The van der Waals surface area contributed by atoms with E-state index in [9.17, 15) is 25.2 Å². The average Bonchev–Trinajstić information content (AvgIpc) is 3.57. The van der Waals surface area contributed by atoms with E-state index in [0.29, 0.717) is 37.7 Å². The van der Waals surface area contributed by atoms with Crippen molar-refractivity contribution in [3.63, 3.8) is 0 Å². The summed E-state index contributed by atoms with van der Waals surface area (Å²) in [4.78, 5) is 11.7. The Morgan fingerprint density at radius 1 is 0.738 bits per heavy atom. The predicted octanol–water partition coefficient (Wildman–Crippen LogP) is 7.06. The first-order chi connectivity index (χ1) is 20.3. The number of cyclic esters (lactones) is 1. The quantitative estimate of drug-likeness (QED) is 0.0624. The van der Waals surface area contributed by atoms with E-state index >= 15 is 0 Å². The Labute approximate surface area is 256 Å². The monoisotopic (exact) mass is 596 g/mol. The molecule has 1 saturated heterocycles. The van der Waals surface area contributed by atoms with Gasteiger partial charge in [-0.15, -0.1) is 0 Å². The molecular formula is C35H64O7. The number of carbonyl (C=O) groups excluding carboxylic acids is 1. The number of hydrogen-bond donors (Lipinski definition) is 4. The summed E-state index contributed by atoms with van der Waals surface area (Å²) in [7, 11) is 0. The van der Waals surface area contributed by atoms with Crippen LogP contribution in [0.3, 0.4) is 0 Å². The van der Waals surface area contributed by atoms with Crippen molar-refractivity contribution in [1.29, 1.82) is 0 Å². The number of carbonyl (C=O) groups is 1. The molecule has 4 N–H and O–H groups in total. The van der Waals surface area contributed by atoms with Crippen LogP contribution in [-0.2, 0) is 14.3 Å². The molecule has 0 aromatic rings. The van der Waals surface area contributed by atoms with Crippen molar-refractivity contribution in [3.8, 4) is 0 Å². The van der Waals surface area contributed by atoms with E-state index in [-0.39, 0.29) is 24.3 Å². The van der Waals surface area contributed by atoms with Gasteiger partial charge in [-0.25, -0.2) is 4.79 Å². The van der Waals surface area contributed by atoms with Crippen molar-refractivity contribution in [1.82, 2.24) is 0 Å². The second-order valence-corrected chi connectivity index (χ2v) is 13.1. The fourth-order valence-corrected chi connectivity index (χ4v) is 6.40. The van der Waals surface area contributed by atoms with Gasteiger partial charge in [0.1, 0.15) is 6.10 Å². The molecular weight excluding hydrogens is 532 g/mol. The van der Waals surface area contributed by atoms with Gasteiger partial charge in [0.15, 0.2) is 0 Å². The SMILES string of the molecule is CCCCCCCCCCCCCC[C@H](O)[C@H](O)CC[C@H](O)[C@H]1CC[C@@H](CCCCC[C@H](O)CC2=C[C@@H](C)OC2=O)O1. The first kappa shape index (κ1) is 37.2. The molecule has 2 aliphatic heterocycles. The molecule has 7 nitrogen and oxygen atoms in total. The molecule has 0 radical (unpaired) electrons. The molecule has 0 aromatic heterocycles. The maximum Gasteiger partial charge on any atom is 0.334 e. The van der Waals surface area contributed by atoms with Crippen LogP contribution in [0.1, 0.15) is 162 Å². The lowest BCUT2D eigenvalue weighted by molar-refractivity contribution is -0.139. The second kappa shape index (κ2) is 22.5. The Kier molecular flexibility index (Phi) is 19.9. The molecule has 2 aliphatic rings. The molecule has 0 spiro atoms. The number of hydrogen-bond acceptors (Lipinski definition) is 7. The first-order valence-corrected chi connectivity index (χ1v) is 17.6. The van der Waals surface area contributed by atoms with E-state index in [1.54, 1.807) is 6.08 Å². The van der Waals surface area contributed by atoms with Crippen molar-refractivity contribution in [2.24, 2.45) is 0 Å². The van der Waals surface area contributed by atoms with E-state index in [2.05, 4.69) is 6.92 Å². The van der Waals surface area contributed by atoms with E-state index < -0.39 is 24.4 Å². The lowest BCUT2D eigenvalue weighted by Crippen LogP contribution is -2.31. The Morgan fingerprint density at radius 3 is 1.93 bits per heavy atom. The van der Waals surface area contributed by atoms with Crippen molar-refractivity contribution >= 4 is 5.97 Å². The summed E-state index contributed by atoms with van der Waals surface area (Å²) in [5.74, 6) is -0.308. The Bertz CT molecular complexity index is 726. The maximum atomic E-state index is 11.7. The van der Waals surface area contributed by atoms with Crippen LogP contribution in [0.5, 0.6) is 0 Å². The molecule has 2 heterocycles. The van der Waals surface area contributed by atoms with Gasteiger partial charge in [0, 0.05) is 12.0 Å². The third-order valence-corrected chi connectivity index (χ3v) is 9.14. The summed E-state index contributed by atoms with van der Waals surface area (Å²) >= 11 is 0. The molecule has 246 valence electrons. The third kappa shape index (κ3) is 16.2. The van der Waals surface area contributed by atoms with Crippen LogP contribution in [0.15, 0.2) is 11.6 Å². The molecule has 0 amide bonds. The van der Waals surface area contributed by atoms with Crippen molar-refractivity contribution in [2.75, 3.05) is 0 Å². The molecule has 0 aliphatic carbocycles. The number of rotatable bonds is 26. The van der Waals surface area contributed by atoms with Crippen molar-refractivity contribution in [3.05, 3.63) is 11.6 Å². The van der Waals surface area contributed by atoms with Gasteiger partial charge in [0.2, 0.25) is 0 Å². The fraction of sp³-hybridized carbons (Fsp3) is 0.914. The van der Waals surface area contributed by atoms with Gasteiger partial charge in [-0.3, -0.25) is 0 Å². The number of unbranched alkanes of at least 4 members (excludes halogenated alkanes) is 13. The number of esters is 1. The zero-order valence-electron chi connectivity index (χ0n) is 26.9. The highest BCUT2D eigenvalue weighted by molar-refractivity contribution is 5.90. The zero-order chi connectivity index (χ0) is 30.6. The van der Waals surface area contributed by atoms with Gasteiger partial charge >= 0.3 is 5.97 Å². The van der Waals surface area contributed by atoms with Gasteiger partial charge < -0.3 is 29.9 Å². The topological polar surface area (TPSA) is 116 Å². The standard InChI is InChI=1S/C35H64O7/c1-3-4-5-6-7-8-9-10-11-12-13-17-20-31(37)32(38)22-23-33(39)34-24-21-30(42-34)19-16-14-15-18-29(36)26-28-25-27(2)41-35(28)40/h25,27,29-34,36-39H,3-24,26H2,1-2H3/t27-,29+,30-,31+,32-,33+,34-/m1/s1. The molecule has 7 heteroatoms. The van der Waals surface area contributed by atoms with Gasteiger partial charge in [-0.05, 0) is 57.9 Å². The maximum absolute atomic E-state index is 11.7. The fourth-order valence-electron chi connectivity index (χ4n) is 6.40.